The number of hydrogen-bond acceptors (Lipinski definition) is 6. The van der Waals surface area contributed by atoms with E-state index in [1.807, 2.05) is 42.5 Å². The molecule has 0 spiro atoms. The Morgan fingerprint density at radius 3 is 2.75 bits per heavy atom. The predicted octanol–water partition coefficient (Wildman–Crippen LogP) is 2.37. The van der Waals surface area contributed by atoms with Crippen molar-refractivity contribution in [2.75, 3.05) is 49.9 Å². The van der Waals surface area contributed by atoms with Gasteiger partial charge in [0.2, 0.25) is 12.7 Å². The molecule has 2 aliphatic rings. The van der Waals surface area contributed by atoms with E-state index < -0.39 is 0 Å². The van der Waals surface area contributed by atoms with E-state index in [1.165, 1.54) is 0 Å². The number of hydrogen-bond donors (Lipinski definition) is 2. The summed E-state index contributed by atoms with van der Waals surface area (Å²) in [4.78, 5) is 14.6. The maximum absolute atomic E-state index is 12.4. The molecule has 0 aromatic heterocycles. The summed E-state index contributed by atoms with van der Waals surface area (Å²) < 4.78 is 16.1. The highest BCUT2D eigenvalue weighted by Crippen LogP contribution is 2.32. The van der Waals surface area contributed by atoms with Gasteiger partial charge in [0.25, 0.3) is 0 Å². The Morgan fingerprint density at radius 2 is 1.86 bits per heavy atom. The van der Waals surface area contributed by atoms with E-state index >= 15 is 0 Å². The summed E-state index contributed by atoms with van der Waals surface area (Å²) in [6.45, 7) is 4.65. The monoisotopic (exact) mass is 383 g/mol. The second-order valence-corrected chi connectivity index (χ2v) is 6.78. The van der Waals surface area contributed by atoms with E-state index in [2.05, 4.69) is 15.5 Å². The van der Waals surface area contributed by atoms with Gasteiger partial charge in [-0.25, -0.2) is 0 Å². The van der Waals surface area contributed by atoms with Crippen molar-refractivity contribution in [3.63, 3.8) is 0 Å². The molecule has 0 aliphatic carbocycles. The summed E-state index contributed by atoms with van der Waals surface area (Å²) in [7, 11) is 0. The number of nitrogens with one attached hydrogen (secondary N) is 2. The molecule has 0 bridgehead atoms. The van der Waals surface area contributed by atoms with Crippen molar-refractivity contribution >= 4 is 17.3 Å². The number of amides is 1. The van der Waals surface area contributed by atoms with Crippen LogP contribution in [0.5, 0.6) is 11.5 Å². The van der Waals surface area contributed by atoms with Crippen LogP contribution in [0, 0.1) is 0 Å². The first-order valence-electron chi connectivity index (χ1n) is 9.60. The average Bonchev–Trinajstić information content (AvgIpc) is 3.20. The van der Waals surface area contributed by atoms with E-state index in [-0.39, 0.29) is 12.7 Å². The fraction of sp³-hybridized carbons (Fsp3) is 0.381. The molecule has 1 fully saturated rings. The lowest BCUT2D eigenvalue weighted by atomic mass is 10.2. The van der Waals surface area contributed by atoms with E-state index in [1.54, 1.807) is 0 Å². The Kier molecular flexibility index (Phi) is 5.94. The molecule has 0 atom stereocenters. The largest absolute Gasteiger partial charge is 0.454 e. The van der Waals surface area contributed by atoms with Gasteiger partial charge in [-0.05, 0) is 29.8 Å². The highest BCUT2D eigenvalue weighted by atomic mass is 16.7. The van der Waals surface area contributed by atoms with Crippen molar-refractivity contribution in [3.8, 4) is 11.5 Å². The van der Waals surface area contributed by atoms with Crippen LogP contribution in [0.4, 0.5) is 11.4 Å². The fourth-order valence-corrected chi connectivity index (χ4v) is 3.36. The Hall–Kier alpha value is -2.77. The van der Waals surface area contributed by atoms with Gasteiger partial charge in [-0.15, -0.1) is 0 Å². The van der Waals surface area contributed by atoms with E-state index in [0.29, 0.717) is 32.7 Å². The molecule has 28 heavy (non-hydrogen) atoms. The number of para-hydroxylation sites is 2. The highest BCUT2D eigenvalue weighted by Gasteiger charge is 2.16. The molecule has 7 heteroatoms. The zero-order chi connectivity index (χ0) is 19.2. The zero-order valence-electron chi connectivity index (χ0n) is 15.8. The van der Waals surface area contributed by atoms with Crippen molar-refractivity contribution in [2.45, 2.75) is 13.0 Å². The van der Waals surface area contributed by atoms with Crippen LogP contribution in [0.2, 0.25) is 0 Å². The number of nitrogens with zero attached hydrogens (tertiary/aromatic N) is 1. The van der Waals surface area contributed by atoms with Crippen LogP contribution < -0.4 is 25.0 Å². The number of benzene rings is 2. The molecule has 2 aromatic carbocycles. The van der Waals surface area contributed by atoms with Crippen LogP contribution in [0.3, 0.4) is 0 Å². The number of rotatable bonds is 7. The topological polar surface area (TPSA) is 72.1 Å². The lowest BCUT2D eigenvalue weighted by Crippen LogP contribution is -2.36. The number of fused-ring (bicyclic) bond motifs is 1. The number of morpholine rings is 1. The summed E-state index contributed by atoms with van der Waals surface area (Å²) in [6.07, 6.45) is 0.405. The van der Waals surface area contributed by atoms with Gasteiger partial charge in [-0.3, -0.25) is 4.79 Å². The molecule has 2 aromatic rings. The molecule has 0 unspecified atom stereocenters. The van der Waals surface area contributed by atoms with Crippen molar-refractivity contribution in [1.82, 2.24) is 5.32 Å². The molecule has 2 aliphatic heterocycles. The first-order valence-corrected chi connectivity index (χ1v) is 9.60. The maximum atomic E-state index is 12.4. The van der Waals surface area contributed by atoms with E-state index in [0.717, 1.165) is 41.5 Å². The van der Waals surface area contributed by atoms with Crippen LogP contribution >= 0.6 is 0 Å². The van der Waals surface area contributed by atoms with Gasteiger partial charge in [0.05, 0.1) is 24.6 Å². The van der Waals surface area contributed by atoms with Crippen molar-refractivity contribution in [1.29, 1.82) is 0 Å². The highest BCUT2D eigenvalue weighted by molar-refractivity contribution is 5.94. The molecular weight excluding hydrogens is 358 g/mol. The Labute approximate surface area is 164 Å². The van der Waals surface area contributed by atoms with Crippen LogP contribution in [0.25, 0.3) is 0 Å². The minimum Gasteiger partial charge on any atom is -0.454 e. The van der Waals surface area contributed by atoms with Crippen LogP contribution in [0.15, 0.2) is 42.5 Å². The average molecular weight is 383 g/mol. The molecule has 0 saturated carbocycles. The smallest absolute Gasteiger partial charge is 0.231 e. The summed E-state index contributed by atoms with van der Waals surface area (Å²) >= 11 is 0. The third-order valence-electron chi connectivity index (χ3n) is 4.82. The fourth-order valence-electron chi connectivity index (χ4n) is 3.36. The molecule has 2 N–H and O–H groups in total. The van der Waals surface area contributed by atoms with Crippen molar-refractivity contribution in [3.05, 3.63) is 48.0 Å². The Balaban J connectivity index is 1.25. The lowest BCUT2D eigenvalue weighted by Gasteiger charge is -2.30. The van der Waals surface area contributed by atoms with Gasteiger partial charge in [0, 0.05) is 32.6 Å². The molecule has 2 heterocycles. The molecule has 1 amide bonds. The SMILES string of the molecule is O=C(CCNCc1ccc2c(c1)OCO2)Nc1ccccc1N1CCOCC1. The Bertz CT molecular complexity index is 821. The summed E-state index contributed by atoms with van der Waals surface area (Å²) in [6, 6.07) is 13.8. The third-order valence-corrected chi connectivity index (χ3v) is 4.82. The summed E-state index contributed by atoms with van der Waals surface area (Å²) in [5.41, 5.74) is 3.00. The van der Waals surface area contributed by atoms with Crippen LogP contribution in [0.1, 0.15) is 12.0 Å². The normalized spacial score (nSPS) is 15.5. The third kappa shape index (κ3) is 4.55. The van der Waals surface area contributed by atoms with Gasteiger partial charge >= 0.3 is 0 Å². The van der Waals surface area contributed by atoms with Gasteiger partial charge in [-0.2, -0.15) is 0 Å². The molecule has 148 valence electrons. The number of carbonyl (C=O) groups excluding carboxylic acids is 1. The summed E-state index contributed by atoms with van der Waals surface area (Å²) in [5, 5.41) is 6.35. The van der Waals surface area contributed by atoms with Gasteiger partial charge in [0.15, 0.2) is 11.5 Å². The minimum absolute atomic E-state index is 0.00102. The zero-order valence-corrected chi connectivity index (χ0v) is 15.8. The van der Waals surface area contributed by atoms with E-state index in [4.69, 9.17) is 14.2 Å². The first kappa shape index (κ1) is 18.6. The lowest BCUT2D eigenvalue weighted by molar-refractivity contribution is -0.116. The van der Waals surface area contributed by atoms with Crippen molar-refractivity contribution < 1.29 is 19.0 Å². The number of ether oxygens (including phenoxy) is 3. The second kappa shape index (κ2) is 8.95. The van der Waals surface area contributed by atoms with Crippen molar-refractivity contribution in [2.24, 2.45) is 0 Å². The molecule has 4 rings (SSSR count). The minimum atomic E-state index is -0.00102. The summed E-state index contributed by atoms with van der Waals surface area (Å²) in [5.74, 6) is 1.55. The Morgan fingerprint density at radius 1 is 1.04 bits per heavy atom. The molecule has 0 radical (unpaired) electrons. The van der Waals surface area contributed by atoms with Crippen LogP contribution in [-0.2, 0) is 16.1 Å². The predicted molar refractivity (Wildman–Crippen MR) is 107 cm³/mol. The van der Waals surface area contributed by atoms with Gasteiger partial charge in [-0.1, -0.05) is 18.2 Å². The van der Waals surface area contributed by atoms with Crippen LogP contribution in [-0.4, -0.2) is 45.5 Å². The van der Waals surface area contributed by atoms with E-state index in [9.17, 15) is 4.79 Å². The number of anilines is 2. The standard InChI is InChI=1S/C21H25N3O4/c25-21(7-8-22-14-16-5-6-19-20(13-16)28-15-27-19)23-17-3-1-2-4-18(17)24-9-11-26-12-10-24/h1-6,13,22H,7-12,14-15H2,(H,23,25). The maximum Gasteiger partial charge on any atom is 0.231 e. The molecule has 7 nitrogen and oxygen atoms in total. The first-order chi connectivity index (χ1) is 13.8. The van der Waals surface area contributed by atoms with Gasteiger partial charge < -0.3 is 29.7 Å². The van der Waals surface area contributed by atoms with Gasteiger partial charge in [0.1, 0.15) is 0 Å². The second-order valence-electron chi connectivity index (χ2n) is 6.78. The quantitative estimate of drug-likeness (QED) is 0.716. The number of carbonyl (C=O) groups is 1. The molecule has 1 saturated heterocycles. The molecular formula is C21H25N3O4.